The number of carbonyl (C=O) groups is 2. The van der Waals surface area contributed by atoms with Crippen molar-refractivity contribution in [2.45, 2.75) is 24.9 Å². The molecule has 0 unspecified atom stereocenters. The van der Waals surface area contributed by atoms with Crippen LogP contribution in [0.2, 0.25) is 0 Å². The summed E-state index contributed by atoms with van der Waals surface area (Å²) in [5.41, 5.74) is 3.58. The summed E-state index contributed by atoms with van der Waals surface area (Å²) in [5, 5.41) is -1.22. The molecule has 0 saturated heterocycles. The van der Waals surface area contributed by atoms with Gasteiger partial charge in [-0.05, 0) is 82.6 Å². The Morgan fingerprint density at radius 3 is 1.29 bits per heavy atom. The van der Waals surface area contributed by atoms with Gasteiger partial charge in [0, 0.05) is 13.1 Å². The molecule has 2 aliphatic heterocycles. The predicted molar refractivity (Wildman–Crippen MR) is 128 cm³/mol. The van der Waals surface area contributed by atoms with Crippen LogP contribution in [0.25, 0.3) is 0 Å². The highest BCUT2D eigenvalue weighted by Crippen LogP contribution is 2.50. The summed E-state index contributed by atoms with van der Waals surface area (Å²) in [7, 11) is 6.25. The van der Waals surface area contributed by atoms with Gasteiger partial charge in [0.1, 0.15) is 0 Å². The van der Waals surface area contributed by atoms with E-state index in [1.54, 1.807) is 38.2 Å². The average molecular weight is 509 g/mol. The minimum absolute atomic E-state index is 0.374. The van der Waals surface area contributed by atoms with Crippen LogP contribution < -0.4 is 18.9 Å². The fraction of sp³-hybridized carbons (Fsp3) is 0.417. The maximum atomic E-state index is 12.6. The van der Waals surface area contributed by atoms with Crippen LogP contribution in [-0.2, 0) is 12.8 Å². The number of rotatable bonds is 5. The van der Waals surface area contributed by atoms with Crippen molar-refractivity contribution in [1.29, 1.82) is 0 Å². The van der Waals surface area contributed by atoms with E-state index in [1.807, 2.05) is 24.3 Å². The zero-order valence-corrected chi connectivity index (χ0v) is 20.9. The largest absolute Gasteiger partial charge is 0.493 e. The summed E-state index contributed by atoms with van der Waals surface area (Å²) in [5.74, 6) is 2.21. The lowest BCUT2D eigenvalue weighted by Gasteiger charge is -2.47. The van der Waals surface area contributed by atoms with E-state index in [-0.39, 0.29) is 0 Å². The molecule has 2 atom stereocenters. The Bertz CT molecular complexity index is 1040. The van der Waals surface area contributed by atoms with Crippen LogP contribution in [0.1, 0.15) is 34.3 Å². The summed E-state index contributed by atoms with van der Waals surface area (Å²) in [4.78, 5) is 28.3. The first-order valence-electron chi connectivity index (χ1n) is 10.8. The molecule has 0 aliphatic carbocycles. The number of nitrogens with zero attached hydrogens (tertiary/aromatic N) is 2. The van der Waals surface area contributed by atoms with Gasteiger partial charge in [-0.1, -0.05) is 0 Å². The van der Waals surface area contributed by atoms with E-state index in [0.29, 0.717) is 48.9 Å². The number of amides is 2. The van der Waals surface area contributed by atoms with Crippen molar-refractivity contribution in [2.75, 3.05) is 41.5 Å². The van der Waals surface area contributed by atoms with Gasteiger partial charge < -0.3 is 28.7 Å². The number of benzene rings is 2. The van der Waals surface area contributed by atoms with Crippen LogP contribution in [0.3, 0.4) is 0 Å². The normalized spacial score (nSPS) is 19.1. The zero-order valence-electron chi connectivity index (χ0n) is 19.4. The van der Waals surface area contributed by atoms with Gasteiger partial charge in [0.05, 0.1) is 40.5 Å². The predicted octanol–water partition coefficient (Wildman–Crippen LogP) is 4.94. The van der Waals surface area contributed by atoms with Crippen LogP contribution in [0, 0.1) is 0 Å². The van der Waals surface area contributed by atoms with Gasteiger partial charge in [0.2, 0.25) is 0 Å². The van der Waals surface area contributed by atoms with E-state index in [9.17, 15) is 9.59 Å². The quantitative estimate of drug-likeness (QED) is 0.420. The molecule has 0 bridgehead atoms. The molecular weight excluding hydrogens is 483 g/mol. The van der Waals surface area contributed by atoms with Crippen LogP contribution in [-0.4, -0.2) is 62.1 Å². The monoisotopic (exact) mass is 508 g/mol. The first-order valence-corrected chi connectivity index (χ1v) is 11.5. The SMILES string of the molecule is COc1cc2c(cc1OC)[C@@H]([C@@H]1c3cc(OC)c(OC)cc3CCN1C(=O)Cl)N(C(=O)Cl)CC2. The van der Waals surface area contributed by atoms with Crippen LogP contribution in [0.15, 0.2) is 24.3 Å². The van der Waals surface area contributed by atoms with Crippen LogP contribution in [0.5, 0.6) is 23.0 Å². The molecule has 0 aromatic heterocycles. The molecule has 4 rings (SSSR count). The second kappa shape index (κ2) is 9.80. The lowest BCUT2D eigenvalue weighted by atomic mass is 9.81. The number of halogens is 2. The molecule has 8 nitrogen and oxygen atoms in total. The number of fused-ring (bicyclic) bond motifs is 2. The maximum absolute atomic E-state index is 12.6. The third kappa shape index (κ3) is 4.09. The summed E-state index contributed by atoms with van der Waals surface area (Å²) in [6.07, 6.45) is 1.15. The van der Waals surface area contributed by atoms with Gasteiger partial charge in [-0.25, -0.2) is 0 Å². The van der Waals surface area contributed by atoms with Gasteiger partial charge >= 0.3 is 10.7 Å². The lowest BCUT2D eigenvalue weighted by Crippen LogP contribution is -2.48. The highest BCUT2D eigenvalue weighted by Gasteiger charge is 2.44. The molecule has 10 heteroatoms. The van der Waals surface area contributed by atoms with Crippen molar-refractivity contribution in [3.63, 3.8) is 0 Å². The van der Waals surface area contributed by atoms with E-state index < -0.39 is 22.8 Å². The molecule has 2 aliphatic rings. The van der Waals surface area contributed by atoms with Crippen LogP contribution >= 0.6 is 23.2 Å². The van der Waals surface area contributed by atoms with E-state index in [2.05, 4.69) is 0 Å². The molecule has 0 N–H and O–H groups in total. The first-order chi connectivity index (χ1) is 16.3. The smallest absolute Gasteiger partial charge is 0.316 e. The fourth-order valence-electron chi connectivity index (χ4n) is 5.03. The van der Waals surface area contributed by atoms with Crippen molar-refractivity contribution in [2.24, 2.45) is 0 Å². The number of hydrogen-bond acceptors (Lipinski definition) is 6. The van der Waals surface area contributed by atoms with Crippen molar-refractivity contribution in [3.05, 3.63) is 46.5 Å². The number of carbonyl (C=O) groups excluding carboxylic acids is 2. The molecule has 2 aromatic rings. The Balaban J connectivity index is 1.97. The number of hydrogen-bond donors (Lipinski definition) is 0. The Morgan fingerprint density at radius 2 is 1.00 bits per heavy atom. The van der Waals surface area contributed by atoms with Crippen molar-refractivity contribution in [3.8, 4) is 23.0 Å². The minimum atomic E-state index is -0.611. The Kier molecular flexibility index (Phi) is 7.00. The lowest BCUT2D eigenvalue weighted by molar-refractivity contribution is 0.111. The molecule has 182 valence electrons. The number of ether oxygens (including phenoxy) is 4. The van der Waals surface area contributed by atoms with Gasteiger partial charge in [-0.2, -0.15) is 0 Å². The third-order valence-corrected chi connectivity index (χ3v) is 7.03. The van der Waals surface area contributed by atoms with Gasteiger partial charge in [0.25, 0.3) is 0 Å². The molecule has 0 saturated carbocycles. The van der Waals surface area contributed by atoms with E-state index in [4.69, 9.17) is 42.1 Å². The van der Waals surface area contributed by atoms with Crippen molar-refractivity contribution < 1.29 is 28.5 Å². The maximum Gasteiger partial charge on any atom is 0.316 e. The minimum Gasteiger partial charge on any atom is -0.493 e. The topological polar surface area (TPSA) is 77.5 Å². The fourth-order valence-corrected chi connectivity index (χ4v) is 5.41. The number of methoxy groups -OCH3 is 4. The summed E-state index contributed by atoms with van der Waals surface area (Å²) in [6.45, 7) is 0.748. The van der Waals surface area contributed by atoms with E-state index in [1.165, 1.54) is 0 Å². The Morgan fingerprint density at radius 1 is 0.676 bits per heavy atom. The van der Waals surface area contributed by atoms with Gasteiger partial charge in [-0.3, -0.25) is 9.59 Å². The van der Waals surface area contributed by atoms with Gasteiger partial charge in [0.15, 0.2) is 23.0 Å². The third-order valence-electron chi connectivity index (χ3n) is 6.59. The highest BCUT2D eigenvalue weighted by atomic mass is 35.5. The van der Waals surface area contributed by atoms with Gasteiger partial charge in [-0.15, -0.1) is 0 Å². The van der Waals surface area contributed by atoms with E-state index in [0.717, 1.165) is 22.3 Å². The average Bonchev–Trinajstić information content (AvgIpc) is 2.85. The van der Waals surface area contributed by atoms with Crippen molar-refractivity contribution >= 4 is 33.9 Å². The molecule has 0 radical (unpaired) electrons. The molecular formula is C24H26Cl2N2O6. The van der Waals surface area contributed by atoms with Crippen LogP contribution in [0.4, 0.5) is 9.59 Å². The van der Waals surface area contributed by atoms with Crippen molar-refractivity contribution in [1.82, 2.24) is 9.80 Å². The zero-order chi connectivity index (χ0) is 24.6. The molecule has 0 fully saturated rings. The first kappa shape index (κ1) is 24.3. The molecule has 34 heavy (non-hydrogen) atoms. The Labute approximate surface area is 208 Å². The Hall–Kier alpha value is -2.84. The van der Waals surface area contributed by atoms with E-state index >= 15 is 0 Å². The summed E-state index contributed by atoms with van der Waals surface area (Å²) >= 11 is 12.2. The second-order valence-corrected chi connectivity index (χ2v) is 8.74. The molecule has 2 amide bonds. The highest BCUT2D eigenvalue weighted by molar-refractivity contribution is 6.63. The molecule has 2 heterocycles. The molecule has 0 spiro atoms. The molecule has 2 aromatic carbocycles. The standard InChI is InChI=1S/C24H26Cl2N2O6/c1-31-17-9-13-5-7-27(23(25)29)21(15(13)11-19(17)33-3)22-16-12-20(34-4)18(32-2)10-14(16)6-8-28(22)24(26)30/h9-12,21-22H,5-8H2,1-4H3/t21-,22-/m0/s1. The summed E-state index contributed by atoms with van der Waals surface area (Å²) in [6, 6.07) is 6.29. The summed E-state index contributed by atoms with van der Waals surface area (Å²) < 4.78 is 22.0. The second-order valence-electron chi connectivity index (χ2n) is 8.09.